The number of fused-ring (bicyclic) bond motifs is 2. The molecule has 1 aromatic rings. The third-order valence-corrected chi connectivity index (χ3v) is 4.20. The highest BCUT2D eigenvalue weighted by Crippen LogP contribution is 2.30. The lowest BCUT2D eigenvalue weighted by Gasteiger charge is -2.34. The van der Waals surface area contributed by atoms with E-state index in [1.54, 1.807) is 18.2 Å². The first-order valence-corrected chi connectivity index (χ1v) is 8.31. The Kier molecular flexibility index (Phi) is 4.59. The Morgan fingerprint density at radius 3 is 2.38 bits per heavy atom. The number of ether oxygens (including phenoxy) is 4. The first-order chi connectivity index (χ1) is 12.7. The molecule has 1 saturated heterocycles. The van der Waals surface area contributed by atoms with Crippen molar-refractivity contribution in [1.82, 2.24) is 10.9 Å². The lowest BCUT2D eigenvalue weighted by Crippen LogP contribution is -2.56. The van der Waals surface area contributed by atoms with Crippen LogP contribution in [0.25, 0.3) is 0 Å². The maximum absolute atomic E-state index is 12.2. The summed E-state index contributed by atoms with van der Waals surface area (Å²) in [5.41, 5.74) is 4.69. The Labute approximate surface area is 149 Å². The first-order valence-electron chi connectivity index (χ1n) is 8.31. The monoisotopic (exact) mass is 358 g/mol. The van der Waals surface area contributed by atoms with Gasteiger partial charge in [0.15, 0.2) is 17.6 Å². The molecule has 3 aliphatic rings. The largest absolute Gasteiger partial charge is 0.485 e. The fraction of sp³-hybridized carbons (Fsp3) is 0.333. The summed E-state index contributed by atoms with van der Waals surface area (Å²) in [4.78, 5) is 24.4. The van der Waals surface area contributed by atoms with Crippen LogP contribution in [0.15, 0.2) is 48.6 Å². The van der Waals surface area contributed by atoms with Gasteiger partial charge in [0.1, 0.15) is 18.8 Å². The zero-order chi connectivity index (χ0) is 17.9. The van der Waals surface area contributed by atoms with Gasteiger partial charge in [0.25, 0.3) is 11.8 Å². The SMILES string of the molecule is O=C(NNC(=O)[C@H]1COc2ccccc2O1)[C@@H]1CO[C@@H]2C=CC=C[C@@H]2O1. The molecule has 0 unspecified atom stereocenters. The number of allylic oxidation sites excluding steroid dienone is 2. The van der Waals surface area contributed by atoms with E-state index in [2.05, 4.69) is 10.9 Å². The summed E-state index contributed by atoms with van der Waals surface area (Å²) in [7, 11) is 0. The van der Waals surface area contributed by atoms with Crippen molar-refractivity contribution in [2.45, 2.75) is 24.4 Å². The molecule has 136 valence electrons. The van der Waals surface area contributed by atoms with Crippen molar-refractivity contribution in [2.24, 2.45) is 0 Å². The molecule has 2 aliphatic heterocycles. The van der Waals surface area contributed by atoms with E-state index in [0.717, 1.165) is 0 Å². The molecule has 8 nitrogen and oxygen atoms in total. The van der Waals surface area contributed by atoms with E-state index >= 15 is 0 Å². The second kappa shape index (κ2) is 7.19. The van der Waals surface area contributed by atoms with Crippen molar-refractivity contribution >= 4 is 11.8 Å². The third-order valence-electron chi connectivity index (χ3n) is 4.20. The van der Waals surface area contributed by atoms with Crippen molar-refractivity contribution in [1.29, 1.82) is 0 Å². The van der Waals surface area contributed by atoms with Crippen molar-refractivity contribution in [3.05, 3.63) is 48.6 Å². The van der Waals surface area contributed by atoms with Gasteiger partial charge in [-0.1, -0.05) is 36.4 Å². The predicted octanol–water partition coefficient (Wildman–Crippen LogP) is 0.252. The second-order valence-corrected chi connectivity index (χ2v) is 6.00. The average Bonchev–Trinajstić information content (AvgIpc) is 2.71. The number of hydrogen-bond donors (Lipinski definition) is 2. The van der Waals surface area contributed by atoms with Crippen LogP contribution in [0.1, 0.15) is 0 Å². The van der Waals surface area contributed by atoms with Crippen LogP contribution in [0, 0.1) is 0 Å². The van der Waals surface area contributed by atoms with E-state index in [-0.39, 0.29) is 25.4 Å². The molecule has 8 heteroatoms. The number of amides is 2. The third kappa shape index (κ3) is 3.42. The van der Waals surface area contributed by atoms with E-state index in [0.29, 0.717) is 11.5 Å². The van der Waals surface area contributed by atoms with E-state index in [9.17, 15) is 9.59 Å². The number of carbonyl (C=O) groups is 2. The Morgan fingerprint density at radius 1 is 0.885 bits per heavy atom. The number of benzene rings is 1. The Balaban J connectivity index is 1.27. The number of nitrogens with one attached hydrogen (secondary N) is 2. The fourth-order valence-corrected chi connectivity index (χ4v) is 2.84. The minimum absolute atomic E-state index is 0.0582. The maximum Gasteiger partial charge on any atom is 0.283 e. The summed E-state index contributed by atoms with van der Waals surface area (Å²) in [5, 5.41) is 0. The number of para-hydroxylation sites is 2. The molecular weight excluding hydrogens is 340 g/mol. The summed E-state index contributed by atoms with van der Waals surface area (Å²) < 4.78 is 22.4. The lowest BCUT2D eigenvalue weighted by molar-refractivity contribution is -0.169. The molecule has 0 bridgehead atoms. The Bertz CT molecular complexity index is 762. The molecule has 1 aliphatic carbocycles. The number of carbonyl (C=O) groups excluding carboxylic acids is 2. The van der Waals surface area contributed by atoms with Crippen molar-refractivity contribution in [2.75, 3.05) is 13.2 Å². The topological polar surface area (TPSA) is 95.1 Å². The van der Waals surface area contributed by atoms with Gasteiger partial charge in [-0.3, -0.25) is 20.4 Å². The zero-order valence-electron chi connectivity index (χ0n) is 13.8. The molecule has 1 aromatic carbocycles. The lowest BCUT2D eigenvalue weighted by atomic mass is 10.1. The van der Waals surface area contributed by atoms with Crippen LogP contribution in [-0.4, -0.2) is 49.4 Å². The van der Waals surface area contributed by atoms with Crippen LogP contribution in [0.4, 0.5) is 0 Å². The van der Waals surface area contributed by atoms with Crippen LogP contribution in [0.5, 0.6) is 11.5 Å². The van der Waals surface area contributed by atoms with Gasteiger partial charge in [0.2, 0.25) is 6.10 Å². The molecule has 0 aromatic heterocycles. The van der Waals surface area contributed by atoms with Crippen molar-refractivity contribution < 1.29 is 28.5 Å². The molecular formula is C18H18N2O6. The standard InChI is InChI=1S/C18H18N2O6/c21-17(15-9-23-11-5-1-3-7-13(11)25-15)19-20-18(22)16-10-24-12-6-2-4-8-14(12)26-16/h1-8,11,13,15-16H,9-10H2,(H,19,21)(H,20,22)/t11-,13+,15+,16-/m1/s1. The average molecular weight is 358 g/mol. The van der Waals surface area contributed by atoms with Crippen LogP contribution in [0.3, 0.4) is 0 Å². The van der Waals surface area contributed by atoms with E-state index in [1.807, 2.05) is 30.4 Å². The molecule has 2 heterocycles. The second-order valence-electron chi connectivity index (χ2n) is 6.00. The van der Waals surface area contributed by atoms with Crippen molar-refractivity contribution in [3.8, 4) is 11.5 Å². The van der Waals surface area contributed by atoms with Gasteiger partial charge in [-0.25, -0.2) is 0 Å². The summed E-state index contributed by atoms with van der Waals surface area (Å²) in [6.07, 6.45) is 5.24. The Morgan fingerprint density at radius 2 is 1.58 bits per heavy atom. The highest BCUT2D eigenvalue weighted by atomic mass is 16.6. The van der Waals surface area contributed by atoms with Gasteiger partial charge in [-0.05, 0) is 12.1 Å². The van der Waals surface area contributed by atoms with Crippen LogP contribution in [0.2, 0.25) is 0 Å². The van der Waals surface area contributed by atoms with Gasteiger partial charge >= 0.3 is 0 Å². The van der Waals surface area contributed by atoms with Gasteiger partial charge in [-0.2, -0.15) is 0 Å². The van der Waals surface area contributed by atoms with E-state index in [1.165, 1.54) is 0 Å². The molecule has 2 N–H and O–H groups in total. The molecule has 0 spiro atoms. The quantitative estimate of drug-likeness (QED) is 0.736. The smallest absolute Gasteiger partial charge is 0.283 e. The first kappa shape index (κ1) is 16.6. The van der Waals surface area contributed by atoms with Gasteiger partial charge in [0.05, 0.1) is 6.61 Å². The molecule has 4 atom stereocenters. The molecule has 0 radical (unpaired) electrons. The van der Waals surface area contributed by atoms with Crippen LogP contribution < -0.4 is 20.3 Å². The van der Waals surface area contributed by atoms with E-state index in [4.69, 9.17) is 18.9 Å². The molecule has 1 fully saturated rings. The molecule has 26 heavy (non-hydrogen) atoms. The van der Waals surface area contributed by atoms with Crippen LogP contribution >= 0.6 is 0 Å². The Hall–Kier alpha value is -2.84. The predicted molar refractivity (Wildman–Crippen MR) is 89.3 cm³/mol. The summed E-state index contributed by atoms with van der Waals surface area (Å²) in [5.74, 6) is 0.0646. The van der Waals surface area contributed by atoms with Gasteiger partial charge < -0.3 is 18.9 Å². The maximum atomic E-state index is 12.2. The van der Waals surface area contributed by atoms with Crippen molar-refractivity contribution in [3.63, 3.8) is 0 Å². The number of hydrazine groups is 1. The molecule has 4 rings (SSSR count). The molecule has 2 amide bonds. The number of rotatable bonds is 2. The minimum atomic E-state index is -0.857. The highest BCUT2D eigenvalue weighted by molar-refractivity contribution is 5.87. The molecule has 0 saturated carbocycles. The highest BCUT2D eigenvalue weighted by Gasteiger charge is 2.34. The van der Waals surface area contributed by atoms with Crippen LogP contribution in [-0.2, 0) is 19.1 Å². The normalized spacial score (nSPS) is 28.8. The summed E-state index contributed by atoms with van der Waals surface area (Å²) >= 11 is 0. The van der Waals surface area contributed by atoms with Gasteiger partial charge in [0, 0.05) is 0 Å². The summed E-state index contributed by atoms with van der Waals surface area (Å²) in [6, 6.07) is 7.07. The zero-order valence-corrected chi connectivity index (χ0v) is 13.8. The minimum Gasteiger partial charge on any atom is -0.485 e. The van der Waals surface area contributed by atoms with E-state index < -0.39 is 24.0 Å². The number of hydrogen-bond acceptors (Lipinski definition) is 6. The fourth-order valence-electron chi connectivity index (χ4n) is 2.84. The van der Waals surface area contributed by atoms with Gasteiger partial charge in [-0.15, -0.1) is 0 Å². The summed E-state index contributed by atoms with van der Waals surface area (Å²) in [6.45, 7) is 0.167.